The SMILES string of the molecule is CC1(C)CCCC(O)(c2cccc3ncccc23)CC1. The summed E-state index contributed by atoms with van der Waals surface area (Å²) in [6, 6.07) is 10.1. The molecule has 0 saturated heterocycles. The summed E-state index contributed by atoms with van der Waals surface area (Å²) in [5, 5.41) is 12.3. The summed E-state index contributed by atoms with van der Waals surface area (Å²) >= 11 is 0. The Morgan fingerprint density at radius 1 is 1.00 bits per heavy atom. The van der Waals surface area contributed by atoms with E-state index in [0.717, 1.165) is 42.1 Å². The normalized spacial score (nSPS) is 26.4. The van der Waals surface area contributed by atoms with Crippen molar-refractivity contribution in [2.24, 2.45) is 5.41 Å². The van der Waals surface area contributed by atoms with Crippen LogP contribution in [0.4, 0.5) is 0 Å². The first kappa shape index (κ1) is 13.6. The minimum Gasteiger partial charge on any atom is -0.385 e. The first-order chi connectivity index (χ1) is 9.50. The first-order valence-electron chi connectivity index (χ1n) is 7.57. The molecule has 2 aromatic rings. The van der Waals surface area contributed by atoms with E-state index in [-0.39, 0.29) is 0 Å². The summed E-state index contributed by atoms with van der Waals surface area (Å²) in [6.45, 7) is 4.62. The second-order valence-corrected chi connectivity index (χ2v) is 6.93. The number of pyridine rings is 1. The van der Waals surface area contributed by atoms with E-state index in [0.29, 0.717) is 5.41 Å². The first-order valence-corrected chi connectivity index (χ1v) is 7.57. The molecule has 0 spiro atoms. The van der Waals surface area contributed by atoms with Gasteiger partial charge in [-0.05, 0) is 55.2 Å². The molecule has 1 aliphatic rings. The third kappa shape index (κ3) is 2.45. The van der Waals surface area contributed by atoms with Crippen LogP contribution >= 0.6 is 0 Å². The predicted molar refractivity (Wildman–Crippen MR) is 82.5 cm³/mol. The summed E-state index contributed by atoms with van der Waals surface area (Å²) in [5.74, 6) is 0. The van der Waals surface area contributed by atoms with Crippen LogP contribution in [0.2, 0.25) is 0 Å². The lowest BCUT2D eigenvalue weighted by atomic mass is 9.81. The van der Waals surface area contributed by atoms with Crippen molar-refractivity contribution in [2.45, 2.75) is 51.6 Å². The van der Waals surface area contributed by atoms with Gasteiger partial charge in [-0.2, -0.15) is 0 Å². The minimum absolute atomic E-state index is 0.341. The van der Waals surface area contributed by atoms with Crippen LogP contribution in [0.15, 0.2) is 36.5 Å². The van der Waals surface area contributed by atoms with Gasteiger partial charge in [-0.25, -0.2) is 0 Å². The van der Waals surface area contributed by atoms with Crippen LogP contribution < -0.4 is 0 Å². The lowest BCUT2D eigenvalue weighted by Crippen LogP contribution is -2.25. The van der Waals surface area contributed by atoms with Gasteiger partial charge in [-0.3, -0.25) is 4.98 Å². The topological polar surface area (TPSA) is 33.1 Å². The molecular weight excluding hydrogens is 246 g/mol. The molecule has 0 bridgehead atoms. The molecule has 1 aliphatic carbocycles. The average molecular weight is 269 g/mol. The summed E-state index contributed by atoms with van der Waals surface area (Å²) < 4.78 is 0. The van der Waals surface area contributed by atoms with Crippen molar-refractivity contribution in [2.75, 3.05) is 0 Å². The third-order valence-corrected chi connectivity index (χ3v) is 4.81. The van der Waals surface area contributed by atoms with Gasteiger partial charge >= 0.3 is 0 Å². The highest BCUT2D eigenvalue weighted by atomic mass is 16.3. The van der Waals surface area contributed by atoms with Gasteiger partial charge in [-0.15, -0.1) is 0 Å². The zero-order valence-corrected chi connectivity index (χ0v) is 12.4. The maximum absolute atomic E-state index is 11.2. The number of rotatable bonds is 1. The third-order valence-electron chi connectivity index (χ3n) is 4.81. The Bertz CT molecular complexity index is 614. The number of aliphatic hydroxyl groups is 1. The Kier molecular flexibility index (Phi) is 3.29. The number of nitrogens with zero attached hydrogens (tertiary/aromatic N) is 1. The van der Waals surface area contributed by atoms with Crippen LogP contribution in [0, 0.1) is 5.41 Å². The second-order valence-electron chi connectivity index (χ2n) is 6.93. The molecule has 1 saturated carbocycles. The van der Waals surface area contributed by atoms with Crippen molar-refractivity contribution in [3.05, 3.63) is 42.1 Å². The van der Waals surface area contributed by atoms with Crippen LogP contribution in [0.1, 0.15) is 51.5 Å². The Labute approximate surface area is 120 Å². The summed E-state index contributed by atoms with van der Waals surface area (Å²) in [4.78, 5) is 4.41. The van der Waals surface area contributed by atoms with Crippen LogP contribution in [0.25, 0.3) is 10.9 Å². The standard InChI is InChI=1S/C18H23NO/c1-17(2)9-5-10-18(20,12-11-17)15-7-3-8-16-14(15)6-4-13-19-16/h3-4,6-8,13,20H,5,9-12H2,1-2H3. The van der Waals surface area contributed by atoms with Crippen molar-refractivity contribution in [3.63, 3.8) is 0 Å². The minimum atomic E-state index is -0.698. The molecule has 0 aliphatic heterocycles. The van der Waals surface area contributed by atoms with Gasteiger partial charge in [0.15, 0.2) is 0 Å². The molecule has 1 unspecified atom stereocenters. The maximum Gasteiger partial charge on any atom is 0.0903 e. The highest BCUT2D eigenvalue weighted by molar-refractivity contribution is 5.82. The summed E-state index contributed by atoms with van der Waals surface area (Å²) in [6.07, 6.45) is 6.85. The van der Waals surface area contributed by atoms with Gasteiger partial charge in [0, 0.05) is 11.6 Å². The molecule has 0 radical (unpaired) electrons. The fourth-order valence-electron chi connectivity index (χ4n) is 3.43. The van der Waals surface area contributed by atoms with Crippen molar-refractivity contribution < 1.29 is 5.11 Å². The van der Waals surface area contributed by atoms with Gasteiger partial charge in [0.1, 0.15) is 0 Å². The highest BCUT2D eigenvalue weighted by Crippen LogP contribution is 2.44. The predicted octanol–water partition coefficient (Wildman–Crippen LogP) is 4.41. The number of fused-ring (bicyclic) bond motifs is 1. The lowest BCUT2D eigenvalue weighted by Gasteiger charge is -2.29. The number of benzene rings is 1. The monoisotopic (exact) mass is 269 g/mol. The van der Waals surface area contributed by atoms with Gasteiger partial charge in [0.2, 0.25) is 0 Å². The molecule has 1 N–H and O–H groups in total. The maximum atomic E-state index is 11.2. The largest absolute Gasteiger partial charge is 0.385 e. The molecule has 3 rings (SSSR count). The van der Waals surface area contributed by atoms with E-state index in [1.54, 1.807) is 0 Å². The van der Waals surface area contributed by atoms with Crippen molar-refractivity contribution in [1.29, 1.82) is 0 Å². The van der Waals surface area contributed by atoms with Gasteiger partial charge < -0.3 is 5.11 Å². The molecule has 2 nitrogen and oxygen atoms in total. The number of hydrogen-bond donors (Lipinski definition) is 1. The molecule has 1 fully saturated rings. The van der Waals surface area contributed by atoms with E-state index in [2.05, 4.69) is 31.0 Å². The zero-order valence-electron chi connectivity index (χ0n) is 12.4. The fourth-order valence-corrected chi connectivity index (χ4v) is 3.43. The quantitative estimate of drug-likeness (QED) is 0.778. The summed E-state index contributed by atoms with van der Waals surface area (Å²) in [5.41, 5.74) is 1.67. The molecule has 2 heteroatoms. The van der Waals surface area contributed by atoms with Gasteiger partial charge in [-0.1, -0.05) is 32.0 Å². The summed E-state index contributed by atoms with van der Waals surface area (Å²) in [7, 11) is 0. The molecular formula is C18H23NO. The average Bonchev–Trinajstić information content (AvgIpc) is 2.58. The van der Waals surface area contributed by atoms with Crippen molar-refractivity contribution >= 4 is 10.9 Å². The molecule has 106 valence electrons. The van der Waals surface area contributed by atoms with Crippen LogP contribution in [0.5, 0.6) is 0 Å². The van der Waals surface area contributed by atoms with Crippen molar-refractivity contribution in [1.82, 2.24) is 4.98 Å². The number of aromatic nitrogens is 1. The Balaban J connectivity index is 2.05. The second kappa shape index (κ2) is 4.85. The Hall–Kier alpha value is -1.41. The lowest BCUT2D eigenvalue weighted by molar-refractivity contribution is 0.0195. The van der Waals surface area contributed by atoms with E-state index >= 15 is 0 Å². The van der Waals surface area contributed by atoms with Gasteiger partial charge in [0.25, 0.3) is 0 Å². The smallest absolute Gasteiger partial charge is 0.0903 e. The molecule has 0 amide bonds. The van der Waals surface area contributed by atoms with E-state index < -0.39 is 5.60 Å². The van der Waals surface area contributed by atoms with Crippen LogP contribution in [-0.4, -0.2) is 10.1 Å². The van der Waals surface area contributed by atoms with E-state index in [1.165, 1.54) is 6.42 Å². The van der Waals surface area contributed by atoms with Gasteiger partial charge in [0.05, 0.1) is 11.1 Å². The van der Waals surface area contributed by atoms with E-state index in [9.17, 15) is 5.11 Å². The number of hydrogen-bond acceptors (Lipinski definition) is 2. The van der Waals surface area contributed by atoms with E-state index in [1.807, 2.05) is 24.4 Å². The fraction of sp³-hybridized carbons (Fsp3) is 0.500. The molecule has 1 aromatic heterocycles. The van der Waals surface area contributed by atoms with E-state index in [4.69, 9.17) is 0 Å². The van der Waals surface area contributed by atoms with Crippen LogP contribution in [-0.2, 0) is 5.60 Å². The zero-order chi connectivity index (χ0) is 14.2. The molecule has 1 atom stereocenters. The van der Waals surface area contributed by atoms with Crippen molar-refractivity contribution in [3.8, 4) is 0 Å². The van der Waals surface area contributed by atoms with Crippen LogP contribution in [0.3, 0.4) is 0 Å². The molecule has 1 aromatic carbocycles. The highest BCUT2D eigenvalue weighted by Gasteiger charge is 2.36. The molecule has 20 heavy (non-hydrogen) atoms. The molecule has 1 heterocycles. The Morgan fingerprint density at radius 2 is 1.85 bits per heavy atom. The Morgan fingerprint density at radius 3 is 2.70 bits per heavy atom.